The minimum Gasteiger partial charge on any atom is -0.0651 e. The van der Waals surface area contributed by atoms with E-state index in [1.807, 2.05) is 0 Å². The van der Waals surface area contributed by atoms with E-state index in [9.17, 15) is 0 Å². The molecule has 22 heavy (non-hydrogen) atoms. The second kappa shape index (κ2) is 7.10. The number of hydrogen-bond acceptors (Lipinski definition) is 0. The van der Waals surface area contributed by atoms with Gasteiger partial charge in [0.05, 0.1) is 15.5 Å². The molecule has 118 valence electrons. The molecule has 4 heteroatoms. The van der Waals surface area contributed by atoms with Gasteiger partial charge in [-0.3, -0.25) is 0 Å². The Morgan fingerprint density at radius 1 is 0.500 bits per heavy atom. The fourth-order valence-electron chi connectivity index (χ4n) is 2.74. The Balaban J connectivity index is 2.60. The zero-order valence-corrected chi connectivity index (χ0v) is 18.5. The van der Waals surface area contributed by atoms with Crippen LogP contribution in [0.25, 0.3) is 0 Å². The van der Waals surface area contributed by atoms with Gasteiger partial charge in [0.25, 0.3) is 0 Å². The zero-order valence-electron chi connectivity index (χ0n) is 14.7. The van der Waals surface area contributed by atoms with Crippen molar-refractivity contribution >= 4 is 40.4 Å². The summed E-state index contributed by atoms with van der Waals surface area (Å²) in [6, 6.07) is 22.8. The molecule has 2 atom stereocenters. The smallest absolute Gasteiger partial charge is 0.0651 e. The molecule has 2 aromatic rings. The van der Waals surface area contributed by atoms with Crippen molar-refractivity contribution in [3.8, 4) is 0 Å². The van der Waals surface area contributed by atoms with Crippen molar-refractivity contribution in [2.45, 2.75) is 39.3 Å². The van der Waals surface area contributed by atoms with Gasteiger partial charge in [0.15, 0.2) is 0 Å². The third-order valence-electron chi connectivity index (χ3n) is 3.47. The maximum Gasteiger partial charge on any atom is 0.0825 e. The van der Waals surface area contributed by atoms with Gasteiger partial charge in [-0.25, -0.2) is 0 Å². The van der Waals surface area contributed by atoms with Crippen molar-refractivity contribution in [2.75, 3.05) is 0 Å². The molecule has 0 saturated heterocycles. The molecule has 0 nitrogen and oxygen atoms in total. The molecule has 2 unspecified atom stereocenters. The summed E-state index contributed by atoms with van der Waals surface area (Å²) in [6.07, 6.45) is 0. The van der Waals surface area contributed by atoms with Crippen LogP contribution in [0.1, 0.15) is 0 Å². The zero-order chi connectivity index (χ0) is 16.4. The number of hydrogen-bond donors (Lipinski definition) is 0. The normalized spacial score (nSPS) is 15.4. The van der Waals surface area contributed by atoms with Crippen molar-refractivity contribution < 1.29 is 0 Å². The van der Waals surface area contributed by atoms with Gasteiger partial charge in [-0.1, -0.05) is 114 Å². The lowest BCUT2D eigenvalue weighted by Gasteiger charge is -2.43. The molecule has 0 spiro atoms. The summed E-state index contributed by atoms with van der Waals surface area (Å²) in [5.74, 6) is 0. The van der Waals surface area contributed by atoms with Crippen LogP contribution < -0.4 is 10.6 Å². The molecule has 0 aliphatic rings. The molecule has 0 aromatic heterocycles. The second-order valence-corrected chi connectivity index (χ2v) is 34.0. The molecule has 2 aromatic carbocycles. The Labute approximate surface area is 140 Å². The SMILES string of the molecule is C[Si](C)(C)P(c1ccccc1)P(c1ccccc1)[Si](C)(C)C. The first-order chi connectivity index (χ1) is 10.2. The van der Waals surface area contributed by atoms with Gasteiger partial charge in [0, 0.05) is 0 Å². The molecule has 0 fully saturated rings. The Morgan fingerprint density at radius 2 is 0.773 bits per heavy atom. The van der Waals surface area contributed by atoms with E-state index >= 15 is 0 Å². The quantitative estimate of drug-likeness (QED) is 0.440. The van der Waals surface area contributed by atoms with Crippen molar-refractivity contribution in [1.29, 1.82) is 0 Å². The number of benzene rings is 2. The molecular weight excluding hydrogens is 334 g/mol. The van der Waals surface area contributed by atoms with Crippen molar-refractivity contribution in [3.63, 3.8) is 0 Å². The van der Waals surface area contributed by atoms with E-state index in [4.69, 9.17) is 0 Å². The summed E-state index contributed by atoms with van der Waals surface area (Å²) in [7, 11) is -2.63. The van der Waals surface area contributed by atoms with Gasteiger partial charge in [0.1, 0.15) is 0 Å². The maximum atomic E-state index is 2.57. The van der Waals surface area contributed by atoms with Crippen LogP contribution in [0.3, 0.4) is 0 Å². The van der Waals surface area contributed by atoms with Crippen LogP contribution in [0, 0.1) is 0 Å². The molecule has 2 rings (SSSR count). The van der Waals surface area contributed by atoms with Crippen LogP contribution in [-0.4, -0.2) is 15.5 Å². The van der Waals surface area contributed by atoms with Gasteiger partial charge in [0.2, 0.25) is 0 Å². The van der Waals surface area contributed by atoms with E-state index in [1.54, 1.807) is 10.6 Å². The maximum absolute atomic E-state index is 2.57. The summed E-state index contributed by atoms with van der Waals surface area (Å²) < 4.78 is 0. The van der Waals surface area contributed by atoms with Gasteiger partial charge in [-0.2, -0.15) is 0 Å². The van der Waals surface area contributed by atoms with Gasteiger partial charge < -0.3 is 0 Å². The molecule has 0 radical (unpaired) electrons. The van der Waals surface area contributed by atoms with Crippen molar-refractivity contribution in [3.05, 3.63) is 60.7 Å². The van der Waals surface area contributed by atoms with Crippen LogP contribution in [0.15, 0.2) is 60.7 Å². The predicted molar refractivity (Wildman–Crippen MR) is 113 cm³/mol. The molecule has 0 bridgehead atoms. The average Bonchev–Trinajstić information content (AvgIpc) is 2.44. The lowest BCUT2D eigenvalue weighted by molar-refractivity contribution is 1.76. The lowest BCUT2D eigenvalue weighted by Crippen LogP contribution is -2.32. The summed E-state index contributed by atoms with van der Waals surface area (Å²) >= 11 is 0. The minimum absolute atomic E-state index is 0.0592. The molecule has 0 heterocycles. The topological polar surface area (TPSA) is 0 Å². The second-order valence-electron chi connectivity index (χ2n) is 7.64. The summed E-state index contributed by atoms with van der Waals surface area (Å²) in [6.45, 7) is 15.4. The predicted octanol–water partition coefficient (Wildman–Crippen LogP) is 6.19. The standard InChI is InChI=1S/C18H28P2Si2/c1-21(2,3)19(17-13-9-7-10-14-17)20(22(4,5)6)18-15-11-8-12-16-18/h7-16H,1-6H3. The monoisotopic (exact) mass is 362 g/mol. The number of rotatable bonds is 5. The fraction of sp³-hybridized carbons (Fsp3) is 0.333. The van der Waals surface area contributed by atoms with Crippen LogP contribution in [0.4, 0.5) is 0 Å². The van der Waals surface area contributed by atoms with Gasteiger partial charge in [-0.05, 0) is 10.6 Å². The fourth-order valence-corrected chi connectivity index (χ4v) is 47.3. The highest BCUT2D eigenvalue weighted by molar-refractivity contribution is 8.59. The van der Waals surface area contributed by atoms with E-state index in [0.717, 1.165) is 0 Å². The Kier molecular flexibility index (Phi) is 5.83. The summed E-state index contributed by atoms with van der Waals surface area (Å²) in [5, 5.41) is 3.27. The largest absolute Gasteiger partial charge is 0.0825 e. The van der Waals surface area contributed by atoms with Crippen LogP contribution >= 0.6 is 14.3 Å². The van der Waals surface area contributed by atoms with Crippen LogP contribution in [0.5, 0.6) is 0 Å². The first-order valence-electron chi connectivity index (χ1n) is 7.92. The lowest BCUT2D eigenvalue weighted by atomic mass is 10.4. The van der Waals surface area contributed by atoms with E-state index in [1.165, 1.54) is 0 Å². The molecule has 0 amide bonds. The summed E-state index contributed by atoms with van der Waals surface area (Å²) in [4.78, 5) is 0. The van der Waals surface area contributed by atoms with Crippen molar-refractivity contribution in [1.82, 2.24) is 0 Å². The first-order valence-corrected chi connectivity index (χ1v) is 20.0. The highest BCUT2D eigenvalue weighted by Crippen LogP contribution is 2.75. The van der Waals surface area contributed by atoms with Gasteiger partial charge in [-0.15, -0.1) is 0 Å². The molecular formula is C18H28P2Si2. The summed E-state index contributed by atoms with van der Waals surface area (Å²) in [5.41, 5.74) is 0. The Hall–Kier alpha value is -0.266. The Morgan fingerprint density at radius 3 is 1.00 bits per heavy atom. The minimum atomic E-state index is -1.25. The molecule has 0 saturated carbocycles. The first kappa shape index (κ1) is 18.1. The Bertz CT molecular complexity index is 530. The average molecular weight is 363 g/mol. The molecule has 0 aliphatic heterocycles. The van der Waals surface area contributed by atoms with Crippen LogP contribution in [-0.2, 0) is 0 Å². The van der Waals surface area contributed by atoms with E-state index in [0.29, 0.717) is 0 Å². The van der Waals surface area contributed by atoms with E-state index < -0.39 is 15.5 Å². The molecule has 0 aliphatic carbocycles. The highest BCUT2D eigenvalue weighted by atomic mass is 32.3. The molecule has 0 N–H and O–H groups in total. The van der Waals surface area contributed by atoms with Crippen LogP contribution in [0.2, 0.25) is 39.3 Å². The highest BCUT2D eigenvalue weighted by Gasteiger charge is 2.41. The van der Waals surface area contributed by atoms with E-state index in [-0.39, 0.29) is 14.3 Å². The third kappa shape index (κ3) is 4.39. The van der Waals surface area contributed by atoms with Crippen molar-refractivity contribution in [2.24, 2.45) is 0 Å². The third-order valence-corrected chi connectivity index (χ3v) is 35.9. The van der Waals surface area contributed by atoms with E-state index in [2.05, 4.69) is 99.9 Å². The van der Waals surface area contributed by atoms with Gasteiger partial charge >= 0.3 is 0 Å².